The van der Waals surface area contributed by atoms with Crippen LogP contribution >= 0.6 is 15.9 Å². The van der Waals surface area contributed by atoms with Gasteiger partial charge in [0.25, 0.3) is 0 Å². The number of aliphatic hydroxyl groups excluding tert-OH is 4. The number of alkyl halides is 1. The molecule has 8 unspecified atom stereocenters. The monoisotopic (exact) mass is 379 g/mol. The number of aliphatic hydroxyl groups is 4. The van der Waals surface area contributed by atoms with E-state index in [1.807, 2.05) is 0 Å². The number of nitrogens with one attached hydrogen (secondary N) is 1. The summed E-state index contributed by atoms with van der Waals surface area (Å²) < 4.78 is 9.16. The van der Waals surface area contributed by atoms with Crippen molar-refractivity contribution in [1.82, 2.24) is 5.32 Å². The third-order valence-electron chi connectivity index (χ3n) is 5.16. The van der Waals surface area contributed by atoms with Crippen molar-refractivity contribution in [3.63, 3.8) is 0 Å². The van der Waals surface area contributed by atoms with E-state index in [2.05, 4.69) is 26.2 Å². The van der Waals surface area contributed by atoms with Gasteiger partial charge < -0.3 is 41.0 Å². The van der Waals surface area contributed by atoms with Crippen LogP contribution in [0.4, 0.5) is 0 Å². The molecule has 0 radical (unpaired) electrons. The molecule has 2 saturated heterocycles. The zero-order valence-corrected chi connectivity index (χ0v) is 12.6. The maximum absolute atomic E-state index is 11.9. The number of fused-ring (bicyclic) bond motifs is 1. The van der Waals surface area contributed by atoms with Crippen molar-refractivity contribution in [2.75, 3.05) is 6.61 Å². The molecule has 3 heterocycles. The minimum absolute atomic E-state index is 0.141. The second-order valence-electron chi connectivity index (χ2n) is 5.97. The van der Waals surface area contributed by atoms with Gasteiger partial charge in [-0.3, -0.25) is 0 Å². The lowest BCUT2D eigenvalue weighted by atomic mass is 9.61. The van der Waals surface area contributed by atoms with E-state index in [1.165, 1.54) is 0 Å². The second kappa shape index (κ2) is 3.91. The summed E-state index contributed by atoms with van der Waals surface area (Å²) in [5, 5.41) is 44.0. The van der Waals surface area contributed by atoms with E-state index in [0.29, 0.717) is 0 Å². The molecule has 4 rings (SSSR count). The number of hydrogen-bond donors (Lipinski definition) is 6. The number of esters is 1. The highest BCUT2D eigenvalue weighted by Gasteiger charge is 2.86. The highest BCUT2D eigenvalue weighted by atomic mass is 79.9. The van der Waals surface area contributed by atoms with Crippen molar-refractivity contribution in [3.05, 3.63) is 0 Å². The summed E-state index contributed by atoms with van der Waals surface area (Å²) in [4.78, 5) is 15.9. The van der Waals surface area contributed by atoms with Crippen molar-refractivity contribution < 1.29 is 34.7 Å². The van der Waals surface area contributed by atoms with Crippen molar-refractivity contribution >= 4 is 27.9 Å². The Balaban J connectivity index is 2.02. The molecule has 10 nitrogen and oxygen atoms in total. The number of carbonyl (C=O) groups is 1. The Morgan fingerprint density at radius 2 is 2.09 bits per heavy atom. The first kappa shape index (κ1) is 14.6. The average molecular weight is 380 g/mol. The molecule has 1 spiro atoms. The highest BCUT2D eigenvalue weighted by molar-refractivity contribution is 9.10. The summed E-state index contributed by atoms with van der Waals surface area (Å²) in [6.07, 6.45) is -7.26. The lowest BCUT2D eigenvalue weighted by Gasteiger charge is -2.55. The van der Waals surface area contributed by atoms with Crippen LogP contribution in [0.3, 0.4) is 0 Å². The van der Waals surface area contributed by atoms with E-state index in [-0.39, 0.29) is 5.96 Å². The zero-order valence-electron chi connectivity index (χ0n) is 11.0. The fraction of sp³-hybridized carbons (Fsp3) is 0.818. The third-order valence-corrected chi connectivity index (χ3v) is 6.64. The van der Waals surface area contributed by atoms with E-state index < -0.39 is 58.7 Å². The van der Waals surface area contributed by atoms with E-state index >= 15 is 0 Å². The minimum Gasteiger partial charge on any atom is -0.455 e. The molecule has 0 aromatic carbocycles. The molecule has 8 atom stereocenters. The first-order valence-electron chi connectivity index (χ1n) is 6.59. The molecule has 0 amide bonds. The number of guanidine groups is 1. The molecule has 0 aromatic heterocycles. The molecule has 11 heteroatoms. The average Bonchev–Trinajstić information content (AvgIpc) is 2.85. The molecular formula is C11H14BrN3O7. The van der Waals surface area contributed by atoms with Crippen LogP contribution in [0, 0.1) is 0 Å². The van der Waals surface area contributed by atoms with Gasteiger partial charge in [0.05, 0.1) is 6.61 Å². The van der Waals surface area contributed by atoms with Crippen molar-refractivity contribution in [3.8, 4) is 0 Å². The molecule has 3 aliphatic heterocycles. The van der Waals surface area contributed by atoms with Gasteiger partial charge in [-0.2, -0.15) is 0 Å². The number of nitrogens with two attached hydrogens (primary N) is 1. The number of nitrogens with zero attached hydrogens (tertiary/aromatic N) is 1. The zero-order chi connectivity index (χ0) is 16.1. The molecule has 4 aliphatic rings. The predicted molar refractivity (Wildman–Crippen MR) is 71.7 cm³/mol. The Hall–Kier alpha value is -0.980. The Kier molecular flexibility index (Phi) is 2.60. The molecule has 3 fully saturated rings. The highest BCUT2D eigenvalue weighted by Crippen LogP contribution is 2.62. The smallest absolute Gasteiger partial charge is 0.338 e. The molecule has 7 N–H and O–H groups in total. The lowest BCUT2D eigenvalue weighted by molar-refractivity contribution is -0.212. The maximum atomic E-state index is 11.9. The van der Waals surface area contributed by atoms with Crippen LogP contribution in [0.15, 0.2) is 4.99 Å². The molecule has 1 aliphatic carbocycles. The number of halogens is 1. The summed E-state index contributed by atoms with van der Waals surface area (Å²) in [5.74, 6) is -1.12. The standard InChI is InChI=1S/C11H14BrN3O7/c12-10-6(20)9(1-16)2(17)4-11(10,3(18)5(19)21-4)15-8(13)14-7(10)22-9/h2-4,6-7,16-18,20H,1H2,(H3,13,14,15). The Bertz CT molecular complexity index is 604. The molecular weight excluding hydrogens is 366 g/mol. The molecule has 22 heavy (non-hydrogen) atoms. The largest absolute Gasteiger partial charge is 0.455 e. The Morgan fingerprint density at radius 1 is 1.41 bits per heavy atom. The van der Waals surface area contributed by atoms with Crippen LogP contribution in [0.1, 0.15) is 0 Å². The number of hydrogen-bond acceptors (Lipinski definition) is 10. The number of aliphatic imine (C=N–C) groups is 1. The molecule has 0 aromatic rings. The van der Waals surface area contributed by atoms with Crippen molar-refractivity contribution in [1.29, 1.82) is 0 Å². The summed E-state index contributed by atoms with van der Waals surface area (Å²) in [5.41, 5.74) is 2.20. The van der Waals surface area contributed by atoms with E-state index in [1.54, 1.807) is 0 Å². The summed E-state index contributed by atoms with van der Waals surface area (Å²) in [6.45, 7) is -0.741. The first-order valence-corrected chi connectivity index (χ1v) is 7.38. The van der Waals surface area contributed by atoms with Crippen LogP contribution < -0.4 is 11.1 Å². The van der Waals surface area contributed by atoms with Gasteiger partial charge in [0.15, 0.2) is 30.0 Å². The number of ether oxygens (including phenoxy) is 2. The van der Waals surface area contributed by atoms with Gasteiger partial charge in [-0.05, 0) is 0 Å². The van der Waals surface area contributed by atoms with Crippen LogP contribution in [-0.2, 0) is 14.3 Å². The van der Waals surface area contributed by atoms with Crippen molar-refractivity contribution in [2.24, 2.45) is 10.7 Å². The normalized spacial score (nSPS) is 58.7. The van der Waals surface area contributed by atoms with Gasteiger partial charge in [-0.15, -0.1) is 0 Å². The van der Waals surface area contributed by atoms with Crippen LogP contribution in [-0.4, -0.2) is 85.1 Å². The Labute approximate surface area is 132 Å². The van der Waals surface area contributed by atoms with Crippen LogP contribution in [0.25, 0.3) is 0 Å². The molecule has 2 bridgehead atoms. The summed E-state index contributed by atoms with van der Waals surface area (Å²) in [6, 6.07) is 0. The van der Waals surface area contributed by atoms with Gasteiger partial charge in [-0.25, -0.2) is 9.79 Å². The molecule has 1 saturated carbocycles. The fourth-order valence-corrected chi connectivity index (χ4v) is 5.20. The lowest BCUT2D eigenvalue weighted by Crippen LogP contribution is -2.85. The fourth-order valence-electron chi connectivity index (χ4n) is 4.08. The SMILES string of the molecule is NC1=NC2OC3(CO)C(O)C4OC(=O)C(O)C4(N1)C2(Br)C3O. The topological polar surface area (TPSA) is 167 Å². The molecule has 122 valence electrons. The number of rotatable bonds is 1. The van der Waals surface area contributed by atoms with Gasteiger partial charge in [0.1, 0.15) is 22.1 Å². The second-order valence-corrected chi connectivity index (χ2v) is 7.28. The van der Waals surface area contributed by atoms with E-state index in [4.69, 9.17) is 15.2 Å². The number of carbonyl (C=O) groups excluding carboxylic acids is 1. The maximum Gasteiger partial charge on any atom is 0.338 e. The minimum atomic E-state index is -1.82. The first-order chi connectivity index (χ1) is 10.3. The van der Waals surface area contributed by atoms with Gasteiger partial charge >= 0.3 is 5.97 Å². The van der Waals surface area contributed by atoms with Crippen LogP contribution in [0.2, 0.25) is 0 Å². The summed E-state index contributed by atoms with van der Waals surface area (Å²) >= 11 is 3.33. The predicted octanol–water partition coefficient (Wildman–Crippen LogP) is -4.11. The van der Waals surface area contributed by atoms with Gasteiger partial charge in [0, 0.05) is 0 Å². The van der Waals surface area contributed by atoms with E-state index in [9.17, 15) is 25.2 Å². The van der Waals surface area contributed by atoms with E-state index in [0.717, 1.165) is 0 Å². The van der Waals surface area contributed by atoms with Crippen LogP contribution in [0.5, 0.6) is 0 Å². The quantitative estimate of drug-likeness (QED) is 0.196. The summed E-state index contributed by atoms with van der Waals surface area (Å²) in [7, 11) is 0. The Morgan fingerprint density at radius 3 is 2.73 bits per heavy atom. The van der Waals surface area contributed by atoms with Gasteiger partial charge in [-0.1, -0.05) is 15.9 Å². The van der Waals surface area contributed by atoms with Gasteiger partial charge in [0.2, 0.25) is 0 Å². The van der Waals surface area contributed by atoms with Crippen molar-refractivity contribution in [2.45, 2.75) is 46.1 Å². The third kappa shape index (κ3) is 1.16.